The third-order valence-electron chi connectivity index (χ3n) is 7.69. The molecule has 4 atom stereocenters. The molecule has 2 N–H and O–H groups in total. The van der Waals surface area contributed by atoms with Gasteiger partial charge in [-0.3, -0.25) is 24.4 Å². The van der Waals surface area contributed by atoms with Crippen molar-refractivity contribution in [1.82, 2.24) is 5.06 Å². The van der Waals surface area contributed by atoms with E-state index in [9.17, 15) is 29.5 Å². The molecule has 0 aromatic heterocycles. The second-order valence-electron chi connectivity index (χ2n) is 9.50. The zero-order valence-corrected chi connectivity index (χ0v) is 18.3. The van der Waals surface area contributed by atoms with Gasteiger partial charge in [0.25, 0.3) is 11.8 Å². The van der Waals surface area contributed by atoms with E-state index in [1.807, 2.05) is 6.08 Å². The second kappa shape index (κ2) is 7.11. The minimum absolute atomic E-state index is 0.0883. The van der Waals surface area contributed by atoms with Gasteiger partial charge in [-0.25, -0.2) is 0 Å². The van der Waals surface area contributed by atoms with Gasteiger partial charge in [0, 0.05) is 34.6 Å². The van der Waals surface area contributed by atoms with Crippen molar-refractivity contribution in [2.24, 2.45) is 23.7 Å². The summed E-state index contributed by atoms with van der Waals surface area (Å²) in [6.45, 7) is 1.59. The summed E-state index contributed by atoms with van der Waals surface area (Å²) in [6.07, 6.45) is 5.61. The molecule has 2 amide bonds. The van der Waals surface area contributed by atoms with Crippen LogP contribution in [0.1, 0.15) is 25.3 Å². The number of phenolic OH excluding ortho intramolecular Hbond substituents is 1. The first kappa shape index (κ1) is 20.8. The Kier molecular flexibility index (Phi) is 4.35. The van der Waals surface area contributed by atoms with E-state index in [2.05, 4.69) is 0 Å². The number of Topliss-reactive ketones (excluding diaryl/α,β-unsaturated/α-hetero) is 1. The molecule has 2 heterocycles. The Morgan fingerprint density at radius 1 is 1.09 bits per heavy atom. The van der Waals surface area contributed by atoms with Crippen LogP contribution in [-0.4, -0.2) is 38.8 Å². The number of benzene rings is 1. The Balaban J connectivity index is 1.50. The third-order valence-corrected chi connectivity index (χ3v) is 7.69. The maximum absolute atomic E-state index is 13.2. The largest absolute Gasteiger partial charge is 0.508 e. The minimum atomic E-state index is -0.787. The van der Waals surface area contributed by atoms with Gasteiger partial charge < -0.3 is 9.84 Å². The fourth-order valence-corrected chi connectivity index (χ4v) is 6.18. The van der Waals surface area contributed by atoms with Crippen LogP contribution in [0.15, 0.2) is 64.5 Å². The molecule has 0 bridgehead atoms. The third kappa shape index (κ3) is 2.75. The van der Waals surface area contributed by atoms with E-state index in [1.54, 1.807) is 25.3 Å². The molecular weight excluding hydrogens is 438 g/mol. The standard InChI is InChI=1S/C26H21NO7/c1-11-6-19(29)23-18(24(11)30)9-17-15(3-4-16-22(17)26(32)27(33)25(16)31)21(23)13-7-12-8-14(28)2-5-20(12)34-10-13/h2-3,5-6,8,10,16-17,21-22,28,33H,4,7,9H2,1H3/t16-,17+,21-,22-/m0/s1. The number of hydroxylamine groups is 2. The van der Waals surface area contributed by atoms with Crippen LogP contribution in [0.5, 0.6) is 11.5 Å². The highest BCUT2D eigenvalue weighted by atomic mass is 16.5. The van der Waals surface area contributed by atoms with E-state index in [1.165, 1.54) is 12.1 Å². The number of carbonyl (C=O) groups is 4. The monoisotopic (exact) mass is 459 g/mol. The zero-order chi connectivity index (χ0) is 23.9. The highest BCUT2D eigenvalue weighted by molar-refractivity contribution is 6.23. The average Bonchev–Trinajstić information content (AvgIpc) is 3.04. The summed E-state index contributed by atoms with van der Waals surface area (Å²) >= 11 is 0. The van der Waals surface area contributed by atoms with Crippen LogP contribution in [0.3, 0.4) is 0 Å². The summed E-state index contributed by atoms with van der Waals surface area (Å²) in [5.74, 6) is -3.67. The second-order valence-corrected chi connectivity index (χ2v) is 9.50. The Morgan fingerprint density at radius 2 is 1.88 bits per heavy atom. The van der Waals surface area contributed by atoms with Crippen LogP contribution < -0.4 is 4.74 Å². The molecule has 0 spiro atoms. The molecule has 0 saturated carbocycles. The maximum Gasteiger partial charge on any atom is 0.257 e. The number of nitrogens with zero attached hydrogens (tertiary/aromatic N) is 1. The molecule has 2 aliphatic heterocycles. The van der Waals surface area contributed by atoms with Gasteiger partial charge in [-0.05, 0) is 55.5 Å². The number of fused-ring (bicyclic) bond motifs is 4. The summed E-state index contributed by atoms with van der Waals surface area (Å²) in [5.41, 5.74) is 3.34. The number of carbonyl (C=O) groups excluding carboxylic acids is 4. The molecule has 1 aromatic carbocycles. The lowest BCUT2D eigenvalue weighted by molar-refractivity contribution is -0.173. The van der Waals surface area contributed by atoms with Crippen molar-refractivity contribution in [2.45, 2.75) is 26.2 Å². The summed E-state index contributed by atoms with van der Waals surface area (Å²) < 4.78 is 5.82. The van der Waals surface area contributed by atoms with E-state index in [0.29, 0.717) is 28.9 Å². The van der Waals surface area contributed by atoms with Gasteiger partial charge in [-0.15, -0.1) is 0 Å². The van der Waals surface area contributed by atoms with Gasteiger partial charge in [0.1, 0.15) is 11.5 Å². The number of imide groups is 1. The van der Waals surface area contributed by atoms with Crippen molar-refractivity contribution in [3.63, 3.8) is 0 Å². The van der Waals surface area contributed by atoms with Crippen LogP contribution >= 0.6 is 0 Å². The van der Waals surface area contributed by atoms with E-state index < -0.39 is 35.5 Å². The van der Waals surface area contributed by atoms with Crippen molar-refractivity contribution in [3.8, 4) is 11.5 Å². The Labute approximate surface area is 194 Å². The Bertz CT molecular complexity index is 1340. The summed E-state index contributed by atoms with van der Waals surface area (Å²) in [7, 11) is 0. The normalized spacial score (nSPS) is 30.1. The fraction of sp³-hybridized carbons (Fsp3) is 0.308. The van der Waals surface area contributed by atoms with Crippen LogP contribution in [0.4, 0.5) is 0 Å². The van der Waals surface area contributed by atoms with E-state index in [4.69, 9.17) is 4.74 Å². The van der Waals surface area contributed by atoms with Crippen LogP contribution in [0.2, 0.25) is 0 Å². The van der Waals surface area contributed by atoms with Gasteiger partial charge in [0.05, 0.1) is 18.1 Å². The number of hydrogen-bond donors (Lipinski definition) is 2. The van der Waals surface area contributed by atoms with E-state index in [-0.39, 0.29) is 35.2 Å². The molecule has 3 aliphatic carbocycles. The molecule has 1 fully saturated rings. The first-order valence-electron chi connectivity index (χ1n) is 11.2. The van der Waals surface area contributed by atoms with Gasteiger partial charge >= 0.3 is 0 Å². The number of rotatable bonds is 1. The van der Waals surface area contributed by atoms with Gasteiger partial charge in [0.15, 0.2) is 11.6 Å². The number of phenols is 1. The van der Waals surface area contributed by atoms with Crippen LogP contribution in [0, 0.1) is 23.7 Å². The molecule has 8 nitrogen and oxygen atoms in total. The Hall–Kier alpha value is -3.78. The molecule has 5 aliphatic rings. The van der Waals surface area contributed by atoms with Crippen LogP contribution in [0.25, 0.3) is 0 Å². The van der Waals surface area contributed by atoms with Crippen LogP contribution in [-0.2, 0) is 25.6 Å². The van der Waals surface area contributed by atoms with Gasteiger partial charge in [-0.2, -0.15) is 5.06 Å². The average molecular weight is 459 g/mol. The van der Waals surface area contributed by atoms with E-state index in [0.717, 1.165) is 16.7 Å². The van der Waals surface area contributed by atoms with Crippen molar-refractivity contribution in [2.75, 3.05) is 0 Å². The quantitative estimate of drug-likeness (QED) is 0.287. The molecule has 172 valence electrons. The number of ether oxygens (including phenoxy) is 1. The van der Waals surface area contributed by atoms with Crippen molar-refractivity contribution >= 4 is 23.4 Å². The van der Waals surface area contributed by atoms with Gasteiger partial charge in [0.2, 0.25) is 0 Å². The predicted molar refractivity (Wildman–Crippen MR) is 116 cm³/mol. The Morgan fingerprint density at radius 3 is 2.68 bits per heavy atom. The molecule has 1 saturated heterocycles. The summed E-state index contributed by atoms with van der Waals surface area (Å²) in [4.78, 5) is 51.7. The van der Waals surface area contributed by atoms with Gasteiger partial charge in [-0.1, -0.05) is 11.6 Å². The molecule has 1 aromatic rings. The highest BCUT2D eigenvalue weighted by Crippen LogP contribution is 2.54. The number of ketones is 2. The molecule has 6 rings (SSSR count). The number of allylic oxidation sites excluding steroid dienone is 7. The highest BCUT2D eigenvalue weighted by Gasteiger charge is 2.56. The fourth-order valence-electron chi connectivity index (χ4n) is 6.18. The summed E-state index contributed by atoms with van der Waals surface area (Å²) in [5, 5.41) is 20.2. The number of amides is 2. The predicted octanol–water partition coefficient (Wildman–Crippen LogP) is 2.56. The van der Waals surface area contributed by atoms with E-state index >= 15 is 0 Å². The molecule has 8 heteroatoms. The lowest BCUT2D eigenvalue weighted by Crippen LogP contribution is -2.41. The first-order chi connectivity index (χ1) is 16.3. The lowest BCUT2D eigenvalue weighted by atomic mass is 9.58. The molecule has 34 heavy (non-hydrogen) atoms. The first-order valence-corrected chi connectivity index (χ1v) is 11.2. The maximum atomic E-state index is 13.2. The summed E-state index contributed by atoms with van der Waals surface area (Å²) in [6, 6.07) is 4.79. The van der Waals surface area contributed by atoms with Crippen molar-refractivity contribution < 1.29 is 34.2 Å². The SMILES string of the molecule is CC1=CC(=O)C2=C(C[C@@H]3C(=CC[C@@H]4C(=O)N(O)C(=O)[C@@H]43)[C@@H]2C2=COc3ccc(O)cc3C2)C1=O. The van der Waals surface area contributed by atoms with Crippen molar-refractivity contribution in [1.29, 1.82) is 0 Å². The number of aromatic hydroxyl groups is 1. The molecular formula is C26H21NO7. The smallest absolute Gasteiger partial charge is 0.257 e. The zero-order valence-electron chi connectivity index (χ0n) is 18.3. The topological polar surface area (TPSA) is 121 Å². The molecule has 0 radical (unpaired) electrons. The lowest BCUT2D eigenvalue weighted by Gasteiger charge is -2.43. The van der Waals surface area contributed by atoms with Crippen molar-refractivity contribution in [3.05, 3.63) is 70.0 Å². The molecule has 0 unspecified atom stereocenters. The minimum Gasteiger partial charge on any atom is -0.508 e. The number of hydrogen-bond acceptors (Lipinski definition) is 7.